The first kappa shape index (κ1) is 16.2. The number of fused-ring (bicyclic) bond motifs is 1. The molecule has 0 bridgehead atoms. The van der Waals surface area contributed by atoms with E-state index in [0.717, 1.165) is 49.0 Å². The summed E-state index contributed by atoms with van der Waals surface area (Å²) in [6.45, 7) is 4.14. The van der Waals surface area contributed by atoms with Crippen LogP contribution in [-0.2, 0) is 13.0 Å². The van der Waals surface area contributed by atoms with Gasteiger partial charge in [-0.15, -0.1) is 0 Å². The van der Waals surface area contributed by atoms with E-state index in [0.29, 0.717) is 6.04 Å². The molecule has 4 heteroatoms. The second kappa shape index (κ2) is 7.26. The van der Waals surface area contributed by atoms with Gasteiger partial charge in [0.05, 0.1) is 10.9 Å². The lowest BCUT2D eigenvalue weighted by Crippen LogP contribution is -2.30. The number of benzene rings is 1. The van der Waals surface area contributed by atoms with Crippen molar-refractivity contribution in [2.45, 2.75) is 58.0 Å². The first-order valence-electron chi connectivity index (χ1n) is 8.89. The third-order valence-electron chi connectivity index (χ3n) is 5.05. The second-order valence-corrected chi connectivity index (χ2v) is 6.67. The van der Waals surface area contributed by atoms with E-state index in [9.17, 15) is 4.79 Å². The topological polar surface area (TPSA) is 38.1 Å². The number of aromatic nitrogens is 2. The Kier molecular flexibility index (Phi) is 5.11. The number of aryl methyl sites for hydroxylation is 1. The van der Waals surface area contributed by atoms with Crippen LogP contribution in [0.25, 0.3) is 10.9 Å². The number of unbranched alkanes of at least 4 members (excludes halogenated alkanes) is 1. The number of para-hydroxylation sites is 1. The van der Waals surface area contributed by atoms with Crippen molar-refractivity contribution >= 4 is 10.9 Å². The minimum absolute atomic E-state index is 0.127. The van der Waals surface area contributed by atoms with Crippen LogP contribution < -0.4 is 5.56 Å². The van der Waals surface area contributed by atoms with Gasteiger partial charge in [0.25, 0.3) is 5.56 Å². The lowest BCUT2D eigenvalue weighted by Gasteiger charge is -2.21. The average molecular weight is 313 g/mol. The van der Waals surface area contributed by atoms with Gasteiger partial charge in [-0.2, -0.15) is 0 Å². The van der Waals surface area contributed by atoms with Gasteiger partial charge in [0.1, 0.15) is 5.82 Å². The van der Waals surface area contributed by atoms with E-state index in [2.05, 4.69) is 18.9 Å². The van der Waals surface area contributed by atoms with Crippen LogP contribution in [0.3, 0.4) is 0 Å². The lowest BCUT2D eigenvalue weighted by molar-refractivity contribution is 0.284. The van der Waals surface area contributed by atoms with Gasteiger partial charge < -0.3 is 4.90 Å². The van der Waals surface area contributed by atoms with Gasteiger partial charge in [-0.05, 0) is 51.4 Å². The molecular formula is C19H27N3O. The van der Waals surface area contributed by atoms with Crippen molar-refractivity contribution in [3.05, 3.63) is 40.4 Å². The van der Waals surface area contributed by atoms with Gasteiger partial charge in [-0.25, -0.2) is 4.98 Å². The Morgan fingerprint density at radius 2 is 2.13 bits per heavy atom. The van der Waals surface area contributed by atoms with E-state index in [4.69, 9.17) is 4.98 Å². The molecule has 1 unspecified atom stereocenters. The van der Waals surface area contributed by atoms with Crippen molar-refractivity contribution in [3.8, 4) is 0 Å². The monoisotopic (exact) mass is 313 g/mol. The van der Waals surface area contributed by atoms with E-state index in [1.807, 2.05) is 28.8 Å². The molecule has 1 aliphatic heterocycles. The summed E-state index contributed by atoms with van der Waals surface area (Å²) in [5.41, 5.74) is 0.959. The van der Waals surface area contributed by atoms with Crippen molar-refractivity contribution in [1.29, 1.82) is 0 Å². The molecule has 0 aliphatic carbocycles. The molecule has 3 rings (SSSR count). The maximum absolute atomic E-state index is 12.9. The highest BCUT2D eigenvalue weighted by Crippen LogP contribution is 2.19. The molecule has 23 heavy (non-hydrogen) atoms. The predicted octanol–water partition coefficient (Wildman–Crippen LogP) is 3.22. The summed E-state index contributed by atoms with van der Waals surface area (Å²) in [4.78, 5) is 20.1. The van der Waals surface area contributed by atoms with Crippen LogP contribution in [0.5, 0.6) is 0 Å². The zero-order valence-corrected chi connectivity index (χ0v) is 14.3. The van der Waals surface area contributed by atoms with Crippen LogP contribution in [0.4, 0.5) is 0 Å². The minimum Gasteiger partial charge on any atom is -0.303 e. The first-order valence-corrected chi connectivity index (χ1v) is 8.89. The molecule has 2 aromatic rings. The van der Waals surface area contributed by atoms with E-state index in [1.54, 1.807) is 0 Å². The summed E-state index contributed by atoms with van der Waals surface area (Å²) >= 11 is 0. The highest BCUT2D eigenvalue weighted by atomic mass is 16.1. The molecule has 1 atom stereocenters. The molecule has 1 aromatic heterocycles. The smallest absolute Gasteiger partial charge is 0.261 e. The van der Waals surface area contributed by atoms with Gasteiger partial charge in [-0.1, -0.05) is 25.5 Å². The number of hydrogen-bond acceptors (Lipinski definition) is 3. The molecule has 0 saturated carbocycles. The van der Waals surface area contributed by atoms with Crippen molar-refractivity contribution in [1.82, 2.24) is 14.5 Å². The fourth-order valence-corrected chi connectivity index (χ4v) is 3.59. The molecule has 1 aromatic carbocycles. The predicted molar refractivity (Wildman–Crippen MR) is 94.9 cm³/mol. The van der Waals surface area contributed by atoms with Crippen molar-refractivity contribution in [2.75, 3.05) is 13.6 Å². The van der Waals surface area contributed by atoms with Gasteiger partial charge >= 0.3 is 0 Å². The number of likely N-dealkylation sites (tertiary alicyclic amines) is 1. The van der Waals surface area contributed by atoms with Gasteiger partial charge in [0.2, 0.25) is 0 Å². The van der Waals surface area contributed by atoms with Crippen molar-refractivity contribution < 1.29 is 0 Å². The summed E-state index contributed by atoms with van der Waals surface area (Å²) in [5, 5.41) is 0.743. The Labute approximate surface area is 138 Å². The number of hydrogen-bond donors (Lipinski definition) is 0. The summed E-state index contributed by atoms with van der Waals surface area (Å²) in [6.07, 6.45) is 6.64. The highest BCUT2D eigenvalue weighted by Gasteiger charge is 2.21. The third-order valence-corrected chi connectivity index (χ3v) is 5.05. The largest absolute Gasteiger partial charge is 0.303 e. The Morgan fingerprint density at radius 1 is 1.30 bits per heavy atom. The number of nitrogens with zero attached hydrogens (tertiary/aromatic N) is 3. The van der Waals surface area contributed by atoms with Crippen LogP contribution in [0.1, 0.15) is 44.9 Å². The number of rotatable bonds is 6. The van der Waals surface area contributed by atoms with E-state index < -0.39 is 0 Å². The zero-order chi connectivity index (χ0) is 16.2. The highest BCUT2D eigenvalue weighted by molar-refractivity contribution is 5.77. The van der Waals surface area contributed by atoms with E-state index >= 15 is 0 Å². The van der Waals surface area contributed by atoms with Crippen LogP contribution in [0.15, 0.2) is 29.1 Å². The lowest BCUT2D eigenvalue weighted by atomic mass is 10.1. The molecule has 1 fully saturated rings. The molecule has 124 valence electrons. The van der Waals surface area contributed by atoms with Crippen LogP contribution in [-0.4, -0.2) is 34.1 Å². The summed E-state index contributed by atoms with van der Waals surface area (Å²) < 4.78 is 1.93. The molecule has 0 amide bonds. The third kappa shape index (κ3) is 3.47. The summed E-state index contributed by atoms with van der Waals surface area (Å²) in [5.74, 6) is 0.955. The Hall–Kier alpha value is -1.68. The normalized spacial score (nSPS) is 18.8. The zero-order valence-electron chi connectivity index (χ0n) is 14.3. The maximum Gasteiger partial charge on any atom is 0.261 e. The summed E-state index contributed by atoms with van der Waals surface area (Å²) in [6, 6.07) is 8.32. The van der Waals surface area contributed by atoms with Gasteiger partial charge in [-0.3, -0.25) is 9.36 Å². The van der Waals surface area contributed by atoms with Crippen LogP contribution in [0, 0.1) is 0 Å². The Bertz CT molecular complexity index is 722. The first-order chi connectivity index (χ1) is 11.2. The van der Waals surface area contributed by atoms with Gasteiger partial charge in [0.15, 0.2) is 0 Å². The van der Waals surface area contributed by atoms with Gasteiger partial charge in [0, 0.05) is 19.0 Å². The van der Waals surface area contributed by atoms with Crippen LogP contribution in [0.2, 0.25) is 0 Å². The molecule has 2 heterocycles. The molecule has 4 nitrogen and oxygen atoms in total. The Balaban J connectivity index is 1.91. The molecule has 0 radical (unpaired) electrons. The quantitative estimate of drug-likeness (QED) is 0.822. The molecule has 0 N–H and O–H groups in total. The molecule has 1 saturated heterocycles. The van der Waals surface area contributed by atoms with E-state index in [1.165, 1.54) is 19.4 Å². The summed E-state index contributed by atoms with van der Waals surface area (Å²) in [7, 11) is 2.19. The molecule has 0 spiro atoms. The van der Waals surface area contributed by atoms with Crippen LogP contribution >= 0.6 is 0 Å². The fraction of sp³-hybridized carbons (Fsp3) is 0.579. The van der Waals surface area contributed by atoms with Crippen molar-refractivity contribution in [3.63, 3.8) is 0 Å². The Morgan fingerprint density at radius 3 is 2.87 bits per heavy atom. The molecular weight excluding hydrogens is 286 g/mol. The minimum atomic E-state index is 0.127. The van der Waals surface area contributed by atoms with E-state index in [-0.39, 0.29) is 5.56 Å². The SMILES string of the molecule is CCCCc1nc2ccccc2c(=O)n1CCC1CCCN1C. The molecule has 1 aliphatic rings. The maximum atomic E-state index is 12.9. The fourth-order valence-electron chi connectivity index (χ4n) is 3.59. The average Bonchev–Trinajstić information content (AvgIpc) is 2.97. The standard InChI is InChI=1S/C19H27N3O/c1-3-4-11-18-20-17-10-6-5-9-16(17)19(23)22(18)14-12-15-8-7-13-21(15)2/h5-6,9-10,15H,3-4,7-8,11-14H2,1-2H3. The second-order valence-electron chi connectivity index (χ2n) is 6.67. The van der Waals surface area contributed by atoms with Crippen molar-refractivity contribution in [2.24, 2.45) is 0 Å².